The summed E-state index contributed by atoms with van der Waals surface area (Å²) >= 11 is 0. The van der Waals surface area contributed by atoms with Gasteiger partial charge in [0.15, 0.2) is 0 Å². The van der Waals surface area contributed by atoms with Crippen molar-refractivity contribution in [2.75, 3.05) is 36.6 Å². The second kappa shape index (κ2) is 6.34. The van der Waals surface area contributed by atoms with Gasteiger partial charge in [0.2, 0.25) is 17.8 Å². The van der Waals surface area contributed by atoms with Gasteiger partial charge in [0.25, 0.3) is 0 Å². The maximum Gasteiger partial charge on any atom is 0.231 e. The maximum atomic E-state index is 9.75. The van der Waals surface area contributed by atoms with Crippen molar-refractivity contribution in [3.8, 4) is 0 Å². The molecule has 7 heteroatoms. The van der Waals surface area contributed by atoms with Crippen molar-refractivity contribution in [3.05, 3.63) is 0 Å². The van der Waals surface area contributed by atoms with Crippen molar-refractivity contribution in [1.29, 1.82) is 0 Å². The van der Waals surface area contributed by atoms with Gasteiger partial charge in [0.05, 0.1) is 6.10 Å². The van der Waals surface area contributed by atoms with Gasteiger partial charge in [-0.2, -0.15) is 15.0 Å². The highest BCUT2D eigenvalue weighted by molar-refractivity contribution is 5.40. The number of nitrogens with zero attached hydrogens (tertiary/aromatic N) is 4. The Labute approximate surface area is 107 Å². The molecule has 0 saturated carbocycles. The van der Waals surface area contributed by atoms with E-state index in [1.54, 1.807) is 4.90 Å². The summed E-state index contributed by atoms with van der Waals surface area (Å²) in [6.07, 6.45) is 0.305. The first-order valence-electron chi connectivity index (χ1n) is 5.99. The molecule has 1 heterocycles. The first kappa shape index (κ1) is 14.4. The van der Waals surface area contributed by atoms with Gasteiger partial charge in [-0.3, -0.25) is 0 Å². The largest absolute Gasteiger partial charge is 0.391 e. The lowest BCUT2D eigenvalue weighted by Crippen LogP contribution is -2.23. The molecule has 0 amide bonds. The summed E-state index contributed by atoms with van der Waals surface area (Å²) in [5.74, 6) is 1.48. The molecule has 0 spiro atoms. The molecule has 0 aliphatic rings. The van der Waals surface area contributed by atoms with Crippen molar-refractivity contribution in [1.82, 2.24) is 15.0 Å². The van der Waals surface area contributed by atoms with E-state index in [0.717, 1.165) is 6.42 Å². The quantitative estimate of drug-likeness (QED) is 0.673. The topological polar surface area (TPSA) is 100 Å². The highest BCUT2D eigenvalue weighted by Crippen LogP contribution is 2.10. The fourth-order valence-electron chi connectivity index (χ4n) is 1.50. The van der Waals surface area contributed by atoms with Gasteiger partial charge in [-0.1, -0.05) is 13.8 Å². The lowest BCUT2D eigenvalue weighted by molar-refractivity contribution is 0.161. The minimum atomic E-state index is -0.425. The van der Waals surface area contributed by atoms with Crippen LogP contribution in [0.5, 0.6) is 0 Å². The molecule has 1 atom stereocenters. The van der Waals surface area contributed by atoms with Crippen LogP contribution in [-0.4, -0.2) is 46.8 Å². The van der Waals surface area contributed by atoms with Gasteiger partial charge in [0, 0.05) is 20.6 Å². The molecule has 0 saturated heterocycles. The zero-order valence-corrected chi connectivity index (χ0v) is 11.4. The van der Waals surface area contributed by atoms with Gasteiger partial charge in [-0.25, -0.2) is 0 Å². The minimum Gasteiger partial charge on any atom is -0.391 e. The Bertz CT molecular complexity index is 382. The minimum absolute atomic E-state index is 0.162. The van der Waals surface area contributed by atoms with Crippen molar-refractivity contribution in [2.45, 2.75) is 26.4 Å². The molecule has 0 aliphatic carbocycles. The maximum absolute atomic E-state index is 9.75. The Morgan fingerprint density at radius 3 is 2.50 bits per heavy atom. The Hall–Kier alpha value is -1.63. The fraction of sp³-hybridized carbons (Fsp3) is 0.727. The molecule has 0 aliphatic heterocycles. The molecule has 1 rings (SSSR count). The molecule has 102 valence electrons. The molecule has 4 N–H and O–H groups in total. The second-order valence-electron chi connectivity index (χ2n) is 4.88. The third-order valence-corrected chi connectivity index (χ3v) is 2.28. The van der Waals surface area contributed by atoms with E-state index in [1.165, 1.54) is 0 Å². The van der Waals surface area contributed by atoms with Crippen LogP contribution < -0.4 is 16.0 Å². The number of anilines is 3. The molecular weight excluding hydrogens is 232 g/mol. The molecule has 1 aromatic rings. The summed E-state index contributed by atoms with van der Waals surface area (Å²) in [4.78, 5) is 13.9. The van der Waals surface area contributed by atoms with E-state index in [0.29, 0.717) is 24.4 Å². The molecule has 1 unspecified atom stereocenters. The van der Waals surface area contributed by atoms with Gasteiger partial charge in [0.1, 0.15) is 0 Å². The number of aromatic nitrogens is 3. The first-order chi connectivity index (χ1) is 8.38. The van der Waals surface area contributed by atoms with E-state index >= 15 is 0 Å². The molecule has 0 radical (unpaired) electrons. The normalized spacial score (nSPS) is 12.6. The smallest absolute Gasteiger partial charge is 0.231 e. The number of hydrogen-bond donors (Lipinski definition) is 3. The van der Waals surface area contributed by atoms with Gasteiger partial charge < -0.3 is 21.1 Å². The predicted molar refractivity (Wildman–Crippen MR) is 72.5 cm³/mol. The number of nitrogen functional groups attached to an aromatic ring is 1. The molecule has 7 nitrogen and oxygen atoms in total. The van der Waals surface area contributed by atoms with Crippen molar-refractivity contribution < 1.29 is 5.11 Å². The average Bonchev–Trinajstić information content (AvgIpc) is 2.24. The summed E-state index contributed by atoms with van der Waals surface area (Å²) in [5, 5.41) is 12.7. The van der Waals surface area contributed by atoms with E-state index in [4.69, 9.17) is 5.73 Å². The molecule has 0 bridgehead atoms. The van der Waals surface area contributed by atoms with Crippen LogP contribution in [0.25, 0.3) is 0 Å². The predicted octanol–water partition coefficient (Wildman–Crippen LogP) is 0.339. The number of aliphatic hydroxyl groups is 1. The van der Waals surface area contributed by atoms with E-state index in [-0.39, 0.29) is 5.95 Å². The third kappa shape index (κ3) is 4.70. The van der Waals surface area contributed by atoms with Crippen LogP contribution in [-0.2, 0) is 0 Å². The first-order valence-corrected chi connectivity index (χ1v) is 5.99. The van der Waals surface area contributed by atoms with E-state index < -0.39 is 6.10 Å². The standard InChI is InChI=1S/C11H22N6O/c1-7(2)5-8(18)6-13-10-14-9(12)15-11(16-10)17(3)4/h7-8,18H,5-6H2,1-4H3,(H3,12,13,14,15,16). The number of nitrogens with one attached hydrogen (secondary N) is 1. The monoisotopic (exact) mass is 254 g/mol. The summed E-state index contributed by atoms with van der Waals surface area (Å²) in [5.41, 5.74) is 5.59. The van der Waals surface area contributed by atoms with E-state index in [1.807, 2.05) is 14.1 Å². The van der Waals surface area contributed by atoms with Crippen molar-refractivity contribution >= 4 is 17.8 Å². The molecule has 18 heavy (non-hydrogen) atoms. The third-order valence-electron chi connectivity index (χ3n) is 2.28. The molecular formula is C11H22N6O. The molecule has 0 fully saturated rings. The SMILES string of the molecule is CC(C)CC(O)CNc1nc(N)nc(N(C)C)n1. The van der Waals surface area contributed by atoms with Gasteiger partial charge >= 0.3 is 0 Å². The fourth-order valence-corrected chi connectivity index (χ4v) is 1.50. The number of rotatable bonds is 6. The highest BCUT2D eigenvalue weighted by Gasteiger charge is 2.09. The Balaban J connectivity index is 2.62. The zero-order valence-electron chi connectivity index (χ0n) is 11.4. The van der Waals surface area contributed by atoms with E-state index in [2.05, 4.69) is 34.1 Å². The molecule has 0 aromatic carbocycles. The van der Waals surface area contributed by atoms with Crippen LogP contribution in [0.15, 0.2) is 0 Å². The van der Waals surface area contributed by atoms with Crippen molar-refractivity contribution in [2.24, 2.45) is 5.92 Å². The van der Waals surface area contributed by atoms with E-state index in [9.17, 15) is 5.11 Å². The average molecular weight is 254 g/mol. The van der Waals surface area contributed by atoms with Gasteiger partial charge in [-0.15, -0.1) is 0 Å². The van der Waals surface area contributed by atoms with Gasteiger partial charge in [-0.05, 0) is 12.3 Å². The number of hydrogen-bond acceptors (Lipinski definition) is 7. The van der Waals surface area contributed by atoms with Crippen LogP contribution in [0.1, 0.15) is 20.3 Å². The Morgan fingerprint density at radius 2 is 1.94 bits per heavy atom. The Morgan fingerprint density at radius 1 is 1.28 bits per heavy atom. The summed E-state index contributed by atoms with van der Waals surface area (Å²) in [6.45, 7) is 4.52. The summed E-state index contributed by atoms with van der Waals surface area (Å²) in [6, 6.07) is 0. The molecule has 1 aromatic heterocycles. The summed E-state index contributed by atoms with van der Waals surface area (Å²) in [7, 11) is 3.65. The number of nitrogens with two attached hydrogens (primary N) is 1. The lowest BCUT2D eigenvalue weighted by Gasteiger charge is -2.15. The Kier molecular flexibility index (Phi) is 5.08. The van der Waals surface area contributed by atoms with Crippen LogP contribution in [0, 0.1) is 5.92 Å². The highest BCUT2D eigenvalue weighted by atomic mass is 16.3. The van der Waals surface area contributed by atoms with Crippen LogP contribution >= 0.6 is 0 Å². The summed E-state index contributed by atoms with van der Waals surface area (Å²) < 4.78 is 0. The van der Waals surface area contributed by atoms with Crippen LogP contribution in [0.3, 0.4) is 0 Å². The lowest BCUT2D eigenvalue weighted by atomic mass is 10.1. The van der Waals surface area contributed by atoms with Crippen LogP contribution in [0.2, 0.25) is 0 Å². The number of aliphatic hydroxyl groups excluding tert-OH is 1. The zero-order chi connectivity index (χ0) is 13.7. The van der Waals surface area contributed by atoms with Crippen LogP contribution in [0.4, 0.5) is 17.8 Å². The van der Waals surface area contributed by atoms with Crippen molar-refractivity contribution in [3.63, 3.8) is 0 Å². The second-order valence-corrected chi connectivity index (χ2v) is 4.88.